The van der Waals surface area contributed by atoms with Crippen molar-refractivity contribution in [3.05, 3.63) is 60.2 Å². The van der Waals surface area contributed by atoms with Gasteiger partial charge < -0.3 is 25.5 Å². The molecule has 0 fully saturated rings. The topological polar surface area (TPSA) is 137 Å². The largest absolute Gasteiger partial charge is 0.497 e. The fourth-order valence-electron chi connectivity index (χ4n) is 3.05. The number of benzene rings is 2. The third-order valence-electron chi connectivity index (χ3n) is 4.48. The smallest absolute Gasteiger partial charge is 0.276 e. The van der Waals surface area contributed by atoms with Gasteiger partial charge in [-0.05, 0) is 24.3 Å². The van der Waals surface area contributed by atoms with E-state index in [-0.39, 0.29) is 11.4 Å². The Hall–Kier alpha value is -4.34. The first-order chi connectivity index (χ1) is 14.5. The highest BCUT2D eigenvalue weighted by atomic mass is 16.5. The number of primary amides is 1. The molecule has 0 aliphatic heterocycles. The molecule has 0 bridgehead atoms. The average molecular weight is 406 g/mol. The van der Waals surface area contributed by atoms with Crippen molar-refractivity contribution in [1.82, 2.24) is 19.5 Å². The Balaban J connectivity index is 1.71. The monoisotopic (exact) mass is 406 g/mol. The number of para-hydroxylation sites is 2. The number of carbonyl (C=O) groups excluding carboxylic acids is 2. The van der Waals surface area contributed by atoms with E-state index in [1.54, 1.807) is 18.2 Å². The van der Waals surface area contributed by atoms with Gasteiger partial charge in [0.2, 0.25) is 5.95 Å². The minimum Gasteiger partial charge on any atom is -0.497 e. The molecule has 4 aromatic rings. The van der Waals surface area contributed by atoms with Gasteiger partial charge in [-0.3, -0.25) is 14.2 Å². The molecule has 2 aromatic heterocycles. The summed E-state index contributed by atoms with van der Waals surface area (Å²) in [6, 6.07) is 12.3. The van der Waals surface area contributed by atoms with Crippen LogP contribution in [-0.4, -0.2) is 45.6 Å². The van der Waals surface area contributed by atoms with Crippen LogP contribution in [0, 0.1) is 0 Å². The van der Waals surface area contributed by atoms with E-state index in [9.17, 15) is 9.59 Å². The van der Waals surface area contributed by atoms with E-state index in [1.807, 2.05) is 24.3 Å². The lowest BCUT2D eigenvalue weighted by Gasteiger charge is -2.11. The predicted octanol–water partition coefficient (Wildman–Crippen LogP) is 2.12. The van der Waals surface area contributed by atoms with Gasteiger partial charge >= 0.3 is 0 Å². The second-order valence-electron chi connectivity index (χ2n) is 6.27. The lowest BCUT2D eigenvalue weighted by molar-refractivity contribution is 0.0970. The van der Waals surface area contributed by atoms with Gasteiger partial charge in [0, 0.05) is 6.07 Å². The van der Waals surface area contributed by atoms with Crippen LogP contribution < -0.4 is 20.5 Å². The first-order valence-electron chi connectivity index (χ1n) is 8.87. The first-order valence-corrected chi connectivity index (χ1v) is 8.87. The van der Waals surface area contributed by atoms with E-state index in [1.165, 1.54) is 25.1 Å². The van der Waals surface area contributed by atoms with Crippen LogP contribution in [0.25, 0.3) is 17.0 Å². The zero-order valence-corrected chi connectivity index (χ0v) is 16.2. The number of fused-ring (bicyclic) bond motifs is 1. The maximum atomic E-state index is 12.9. The van der Waals surface area contributed by atoms with Gasteiger partial charge in [-0.25, -0.2) is 9.97 Å². The molecule has 2 heterocycles. The predicted molar refractivity (Wildman–Crippen MR) is 109 cm³/mol. The fourth-order valence-corrected chi connectivity index (χ4v) is 3.05. The molecule has 10 heteroatoms. The number of methoxy groups -OCH3 is 2. The highest BCUT2D eigenvalue weighted by Gasteiger charge is 2.25. The third-order valence-corrected chi connectivity index (χ3v) is 4.48. The minimum atomic E-state index is -0.820. The summed E-state index contributed by atoms with van der Waals surface area (Å²) >= 11 is 0. The van der Waals surface area contributed by atoms with Gasteiger partial charge in [0.25, 0.3) is 11.8 Å². The Labute approximate surface area is 170 Å². The first kappa shape index (κ1) is 19.0. The summed E-state index contributed by atoms with van der Waals surface area (Å²) in [5.74, 6) is -0.169. The lowest BCUT2D eigenvalue weighted by Crippen LogP contribution is -2.23. The zero-order valence-electron chi connectivity index (χ0n) is 16.2. The Morgan fingerprint density at radius 2 is 1.93 bits per heavy atom. The highest BCUT2D eigenvalue weighted by Crippen LogP contribution is 2.29. The van der Waals surface area contributed by atoms with Crippen molar-refractivity contribution in [1.29, 1.82) is 0 Å². The molecular formula is C20H18N6O4. The van der Waals surface area contributed by atoms with E-state index in [0.717, 1.165) is 5.52 Å². The van der Waals surface area contributed by atoms with E-state index < -0.39 is 11.8 Å². The number of anilines is 1. The number of carbonyl (C=O) groups is 2. The number of rotatable bonds is 6. The molecular weight excluding hydrogens is 388 g/mol. The molecule has 30 heavy (non-hydrogen) atoms. The Morgan fingerprint density at radius 3 is 2.63 bits per heavy atom. The molecule has 152 valence electrons. The molecule has 2 aromatic carbocycles. The Kier molecular flexibility index (Phi) is 4.80. The number of aromatic nitrogens is 4. The number of nitrogens with two attached hydrogens (primary N) is 1. The molecule has 10 nitrogen and oxygen atoms in total. The summed E-state index contributed by atoms with van der Waals surface area (Å²) in [7, 11) is 2.99. The summed E-state index contributed by atoms with van der Waals surface area (Å²) in [5, 5.41) is 2.68. The number of ether oxygens (including phenoxy) is 2. The summed E-state index contributed by atoms with van der Waals surface area (Å²) in [6.07, 6.45) is 1.32. The van der Waals surface area contributed by atoms with Crippen LogP contribution in [0.15, 0.2) is 48.8 Å². The number of H-pyrrole nitrogens is 1. The van der Waals surface area contributed by atoms with Gasteiger partial charge in [0.1, 0.15) is 23.5 Å². The Bertz CT molecular complexity index is 1230. The molecule has 0 aliphatic rings. The molecule has 4 N–H and O–H groups in total. The van der Waals surface area contributed by atoms with Crippen molar-refractivity contribution in [2.45, 2.75) is 0 Å². The van der Waals surface area contributed by atoms with Gasteiger partial charge in [0.15, 0.2) is 5.69 Å². The SMILES string of the molecule is COc1ccc(NC(=O)c2ncn(-c3nc4ccccc4[nH]3)c2C(N)=O)c(OC)c1. The van der Waals surface area contributed by atoms with Gasteiger partial charge in [0.05, 0.1) is 30.9 Å². The number of aromatic amines is 1. The molecule has 2 amide bonds. The molecule has 0 unspecified atom stereocenters. The second-order valence-corrected chi connectivity index (χ2v) is 6.27. The van der Waals surface area contributed by atoms with Crippen molar-refractivity contribution in [2.75, 3.05) is 19.5 Å². The third kappa shape index (κ3) is 3.30. The van der Waals surface area contributed by atoms with Crippen LogP contribution in [-0.2, 0) is 0 Å². The summed E-state index contributed by atoms with van der Waals surface area (Å²) in [4.78, 5) is 36.6. The van der Waals surface area contributed by atoms with Crippen molar-refractivity contribution in [3.63, 3.8) is 0 Å². The highest BCUT2D eigenvalue weighted by molar-refractivity contribution is 6.10. The quantitative estimate of drug-likeness (QED) is 0.448. The molecule has 0 spiro atoms. The van der Waals surface area contributed by atoms with E-state index in [0.29, 0.717) is 28.7 Å². The van der Waals surface area contributed by atoms with E-state index >= 15 is 0 Å². The van der Waals surface area contributed by atoms with Gasteiger partial charge in [-0.15, -0.1) is 0 Å². The summed E-state index contributed by atoms with van der Waals surface area (Å²) in [6.45, 7) is 0. The normalized spacial score (nSPS) is 10.7. The molecule has 4 rings (SSSR count). The van der Waals surface area contributed by atoms with Gasteiger partial charge in [-0.1, -0.05) is 12.1 Å². The molecule has 0 radical (unpaired) electrons. The Morgan fingerprint density at radius 1 is 1.13 bits per heavy atom. The van der Waals surface area contributed by atoms with E-state index in [4.69, 9.17) is 15.2 Å². The van der Waals surface area contributed by atoms with Crippen LogP contribution in [0.3, 0.4) is 0 Å². The number of nitrogens with zero attached hydrogens (tertiary/aromatic N) is 3. The maximum Gasteiger partial charge on any atom is 0.276 e. The zero-order chi connectivity index (χ0) is 21.3. The molecule has 0 aliphatic carbocycles. The fraction of sp³-hybridized carbons (Fsp3) is 0.100. The van der Waals surface area contributed by atoms with Gasteiger partial charge in [-0.2, -0.15) is 0 Å². The van der Waals surface area contributed by atoms with Crippen LogP contribution in [0.5, 0.6) is 11.5 Å². The van der Waals surface area contributed by atoms with E-state index in [2.05, 4.69) is 20.3 Å². The lowest BCUT2D eigenvalue weighted by atomic mass is 10.2. The summed E-state index contributed by atoms with van der Waals surface area (Å²) < 4.78 is 11.8. The van der Waals surface area contributed by atoms with Crippen molar-refractivity contribution in [3.8, 4) is 17.4 Å². The maximum absolute atomic E-state index is 12.9. The van der Waals surface area contributed by atoms with Crippen molar-refractivity contribution < 1.29 is 19.1 Å². The minimum absolute atomic E-state index is 0.0981. The standard InChI is InChI=1S/C20H18N6O4/c1-29-11-7-8-14(15(9-11)30-2)23-19(28)16-17(18(21)27)26(10-22-16)20-24-12-5-3-4-6-13(12)25-20/h3-10H,1-2H3,(H2,21,27)(H,23,28)(H,24,25). The van der Waals surface area contributed by atoms with Crippen LogP contribution in [0.2, 0.25) is 0 Å². The summed E-state index contributed by atoms with van der Waals surface area (Å²) in [5.41, 5.74) is 7.17. The van der Waals surface area contributed by atoms with Crippen LogP contribution >= 0.6 is 0 Å². The van der Waals surface area contributed by atoms with Crippen molar-refractivity contribution >= 4 is 28.5 Å². The molecule has 0 saturated heterocycles. The number of amides is 2. The number of nitrogens with one attached hydrogen (secondary N) is 2. The van der Waals surface area contributed by atoms with Crippen molar-refractivity contribution in [2.24, 2.45) is 5.73 Å². The van der Waals surface area contributed by atoms with Crippen LogP contribution in [0.4, 0.5) is 5.69 Å². The number of hydrogen-bond acceptors (Lipinski definition) is 6. The number of hydrogen-bond donors (Lipinski definition) is 3. The second kappa shape index (κ2) is 7.59. The average Bonchev–Trinajstić information content (AvgIpc) is 3.38. The molecule has 0 saturated carbocycles. The van der Waals surface area contributed by atoms with Crippen LogP contribution in [0.1, 0.15) is 21.0 Å². The molecule has 0 atom stereocenters. The number of imidazole rings is 2.